The van der Waals surface area contributed by atoms with E-state index in [-0.39, 0.29) is 24.4 Å². The lowest BCUT2D eigenvalue weighted by molar-refractivity contribution is -0.137. The molecule has 2 aromatic carbocycles. The summed E-state index contributed by atoms with van der Waals surface area (Å²) in [7, 11) is 0. The molecule has 2 N–H and O–H groups in total. The number of rotatable bonds is 4. The highest BCUT2D eigenvalue weighted by Gasteiger charge is 2.30. The Labute approximate surface area is 147 Å². The molecule has 3 rings (SSSR count). The number of anilines is 1. The minimum atomic E-state index is -4.41. The molecule has 0 aliphatic heterocycles. The van der Waals surface area contributed by atoms with Crippen molar-refractivity contribution >= 4 is 22.4 Å². The molecule has 0 amide bonds. The fourth-order valence-electron chi connectivity index (χ4n) is 2.58. The SMILES string of the molecule is Nc1c(C(=O)OCCc2cccc(C(F)(F)F)c2)ncc2ccccc12. The number of fused-ring (bicyclic) bond motifs is 1. The molecule has 26 heavy (non-hydrogen) atoms. The van der Waals surface area contributed by atoms with Gasteiger partial charge in [0, 0.05) is 23.4 Å². The summed E-state index contributed by atoms with van der Waals surface area (Å²) >= 11 is 0. The third kappa shape index (κ3) is 3.77. The third-order valence-electron chi connectivity index (χ3n) is 3.91. The number of alkyl halides is 3. The van der Waals surface area contributed by atoms with Gasteiger partial charge in [-0.05, 0) is 11.6 Å². The van der Waals surface area contributed by atoms with E-state index in [0.717, 1.165) is 17.5 Å². The van der Waals surface area contributed by atoms with Crippen LogP contribution in [0.25, 0.3) is 10.8 Å². The molecule has 7 heteroatoms. The first-order valence-corrected chi connectivity index (χ1v) is 7.83. The number of ether oxygens (including phenoxy) is 1. The second kappa shape index (κ2) is 7.03. The van der Waals surface area contributed by atoms with Gasteiger partial charge < -0.3 is 10.5 Å². The minimum absolute atomic E-state index is 0.00672. The number of carbonyl (C=O) groups excluding carboxylic acids is 1. The van der Waals surface area contributed by atoms with E-state index in [0.29, 0.717) is 10.9 Å². The summed E-state index contributed by atoms with van der Waals surface area (Å²) in [5.74, 6) is -0.708. The molecular formula is C19H15F3N2O2. The summed E-state index contributed by atoms with van der Waals surface area (Å²) in [5.41, 5.74) is 5.88. The predicted molar refractivity (Wildman–Crippen MR) is 91.6 cm³/mol. The molecule has 0 saturated carbocycles. The second-order valence-corrected chi connectivity index (χ2v) is 5.69. The summed E-state index contributed by atoms with van der Waals surface area (Å²) in [6.07, 6.45) is -2.73. The minimum Gasteiger partial charge on any atom is -0.461 e. The largest absolute Gasteiger partial charge is 0.461 e. The van der Waals surface area contributed by atoms with E-state index in [1.165, 1.54) is 12.3 Å². The molecule has 4 nitrogen and oxygen atoms in total. The zero-order valence-corrected chi connectivity index (χ0v) is 13.6. The van der Waals surface area contributed by atoms with Crippen molar-refractivity contribution in [3.05, 3.63) is 71.5 Å². The highest BCUT2D eigenvalue weighted by atomic mass is 19.4. The van der Waals surface area contributed by atoms with Crippen molar-refractivity contribution in [3.8, 4) is 0 Å². The number of aromatic nitrogens is 1. The quantitative estimate of drug-likeness (QED) is 0.707. The van der Waals surface area contributed by atoms with Gasteiger partial charge in [-0.3, -0.25) is 0 Å². The van der Waals surface area contributed by atoms with Gasteiger partial charge in [0.1, 0.15) is 0 Å². The van der Waals surface area contributed by atoms with Crippen molar-refractivity contribution in [1.29, 1.82) is 0 Å². The lowest BCUT2D eigenvalue weighted by Crippen LogP contribution is -2.13. The summed E-state index contributed by atoms with van der Waals surface area (Å²) in [6, 6.07) is 12.1. The van der Waals surface area contributed by atoms with Gasteiger partial charge in [0.2, 0.25) is 0 Å². The number of carbonyl (C=O) groups is 1. The summed E-state index contributed by atoms with van der Waals surface area (Å²) in [5, 5.41) is 1.48. The molecule has 0 unspecified atom stereocenters. The average Bonchev–Trinajstić information content (AvgIpc) is 2.62. The van der Waals surface area contributed by atoms with Crippen LogP contribution < -0.4 is 5.73 Å². The Morgan fingerprint density at radius 1 is 1.12 bits per heavy atom. The molecule has 0 bridgehead atoms. The van der Waals surface area contributed by atoms with Gasteiger partial charge in [-0.2, -0.15) is 13.2 Å². The number of benzene rings is 2. The highest BCUT2D eigenvalue weighted by molar-refractivity contribution is 6.03. The van der Waals surface area contributed by atoms with Crippen LogP contribution in [0.1, 0.15) is 21.6 Å². The maximum atomic E-state index is 12.7. The van der Waals surface area contributed by atoms with Crippen LogP contribution in [-0.4, -0.2) is 17.6 Å². The van der Waals surface area contributed by atoms with Gasteiger partial charge in [0.25, 0.3) is 0 Å². The molecule has 0 aliphatic rings. The van der Waals surface area contributed by atoms with Crippen molar-refractivity contribution in [2.24, 2.45) is 0 Å². The van der Waals surface area contributed by atoms with E-state index >= 15 is 0 Å². The summed E-state index contributed by atoms with van der Waals surface area (Å²) in [6.45, 7) is -0.0753. The second-order valence-electron chi connectivity index (χ2n) is 5.69. The topological polar surface area (TPSA) is 65.2 Å². The molecule has 134 valence electrons. The fraction of sp³-hybridized carbons (Fsp3) is 0.158. The Bertz CT molecular complexity index is 955. The van der Waals surface area contributed by atoms with Crippen LogP contribution >= 0.6 is 0 Å². The molecule has 0 fully saturated rings. The molecule has 0 saturated heterocycles. The average molecular weight is 360 g/mol. The van der Waals surface area contributed by atoms with Crippen molar-refractivity contribution in [3.63, 3.8) is 0 Å². The van der Waals surface area contributed by atoms with Crippen LogP contribution in [0.15, 0.2) is 54.7 Å². The Morgan fingerprint density at radius 2 is 1.88 bits per heavy atom. The number of hydrogen-bond acceptors (Lipinski definition) is 4. The van der Waals surface area contributed by atoms with Gasteiger partial charge in [-0.1, -0.05) is 42.5 Å². The maximum absolute atomic E-state index is 12.7. The van der Waals surface area contributed by atoms with Gasteiger partial charge in [0.05, 0.1) is 17.9 Å². The molecular weight excluding hydrogens is 345 g/mol. The standard InChI is InChI=1S/C19H15F3N2O2/c20-19(21,22)14-6-3-4-12(10-14)8-9-26-18(25)17-16(23)15-7-2-1-5-13(15)11-24-17/h1-7,10-11H,8-9,23H2. The molecule has 0 spiro atoms. The molecule has 0 radical (unpaired) electrons. The third-order valence-corrected chi connectivity index (χ3v) is 3.91. The first-order chi connectivity index (χ1) is 12.4. The number of pyridine rings is 1. The van der Waals surface area contributed by atoms with Crippen LogP contribution in [-0.2, 0) is 17.3 Å². The van der Waals surface area contributed by atoms with Crippen molar-refractivity contribution < 1.29 is 22.7 Å². The van der Waals surface area contributed by atoms with E-state index in [2.05, 4.69) is 4.98 Å². The van der Waals surface area contributed by atoms with E-state index < -0.39 is 17.7 Å². The Kier molecular flexibility index (Phi) is 4.79. The van der Waals surface area contributed by atoms with E-state index in [1.807, 2.05) is 12.1 Å². The summed E-state index contributed by atoms with van der Waals surface area (Å²) in [4.78, 5) is 16.2. The van der Waals surface area contributed by atoms with Crippen LogP contribution in [0.3, 0.4) is 0 Å². The smallest absolute Gasteiger partial charge is 0.416 e. The van der Waals surface area contributed by atoms with Gasteiger partial charge >= 0.3 is 12.1 Å². The molecule has 0 atom stereocenters. The Balaban J connectivity index is 1.67. The van der Waals surface area contributed by atoms with E-state index in [1.54, 1.807) is 18.2 Å². The first-order valence-electron chi connectivity index (χ1n) is 7.83. The number of hydrogen-bond donors (Lipinski definition) is 1. The number of nitrogens with two attached hydrogens (primary N) is 1. The van der Waals surface area contributed by atoms with Crippen LogP contribution in [0, 0.1) is 0 Å². The lowest BCUT2D eigenvalue weighted by Gasteiger charge is -2.10. The molecule has 1 heterocycles. The zero-order valence-electron chi connectivity index (χ0n) is 13.6. The highest BCUT2D eigenvalue weighted by Crippen LogP contribution is 2.29. The van der Waals surface area contributed by atoms with Crippen LogP contribution in [0.2, 0.25) is 0 Å². The number of esters is 1. The molecule has 3 aromatic rings. The Hall–Kier alpha value is -3.09. The van der Waals surface area contributed by atoms with E-state index in [9.17, 15) is 18.0 Å². The normalized spacial score (nSPS) is 11.5. The van der Waals surface area contributed by atoms with Crippen molar-refractivity contribution in [2.75, 3.05) is 12.3 Å². The van der Waals surface area contributed by atoms with E-state index in [4.69, 9.17) is 10.5 Å². The maximum Gasteiger partial charge on any atom is 0.416 e. The lowest BCUT2D eigenvalue weighted by atomic mass is 10.1. The van der Waals surface area contributed by atoms with Crippen LogP contribution in [0.4, 0.5) is 18.9 Å². The Morgan fingerprint density at radius 3 is 2.65 bits per heavy atom. The zero-order chi connectivity index (χ0) is 18.7. The van der Waals surface area contributed by atoms with Crippen molar-refractivity contribution in [1.82, 2.24) is 4.98 Å². The first kappa shape index (κ1) is 17.7. The molecule has 1 aromatic heterocycles. The van der Waals surface area contributed by atoms with Crippen molar-refractivity contribution in [2.45, 2.75) is 12.6 Å². The van der Waals surface area contributed by atoms with Crippen LogP contribution in [0.5, 0.6) is 0 Å². The number of nitrogen functional groups attached to an aromatic ring is 1. The summed E-state index contributed by atoms with van der Waals surface area (Å²) < 4.78 is 43.2. The van der Waals surface area contributed by atoms with Gasteiger partial charge in [-0.25, -0.2) is 9.78 Å². The van der Waals surface area contributed by atoms with Gasteiger partial charge in [0.15, 0.2) is 5.69 Å². The predicted octanol–water partition coefficient (Wildman–Crippen LogP) is 4.24. The van der Waals surface area contributed by atoms with Gasteiger partial charge in [-0.15, -0.1) is 0 Å². The number of nitrogens with zero attached hydrogens (tertiary/aromatic N) is 1. The monoisotopic (exact) mass is 360 g/mol. The number of halogens is 3. The fourth-order valence-corrected chi connectivity index (χ4v) is 2.58. The molecule has 0 aliphatic carbocycles.